The lowest BCUT2D eigenvalue weighted by atomic mass is 10.2. The minimum atomic E-state index is -0.498. The number of H-pyrrole nitrogens is 1. The molecule has 2 N–H and O–H groups in total. The molecule has 10 nitrogen and oxygen atoms in total. The van der Waals surface area contributed by atoms with Crippen molar-refractivity contribution in [1.29, 1.82) is 0 Å². The number of carbonyl (C=O) groups excluding carboxylic acids is 2. The Labute approximate surface area is 181 Å². The van der Waals surface area contributed by atoms with Gasteiger partial charge in [0.1, 0.15) is 12.4 Å². The smallest absolute Gasteiger partial charge is 0.330 e. The molecule has 1 amide bonds. The van der Waals surface area contributed by atoms with Gasteiger partial charge in [-0.1, -0.05) is 27.2 Å². The van der Waals surface area contributed by atoms with Crippen LogP contribution in [0.4, 0.5) is 0 Å². The van der Waals surface area contributed by atoms with E-state index < -0.39 is 17.2 Å². The highest BCUT2D eigenvalue weighted by molar-refractivity contribution is 5.82. The minimum Gasteiger partial charge on any atom is -0.462 e. The van der Waals surface area contributed by atoms with E-state index in [4.69, 9.17) is 4.74 Å². The Morgan fingerprint density at radius 3 is 2.48 bits per heavy atom. The molecule has 0 aliphatic carbocycles. The Balaban J connectivity index is 2.28. The molecule has 2 aromatic rings. The second-order valence-corrected chi connectivity index (χ2v) is 8.28. The van der Waals surface area contributed by atoms with E-state index in [1.165, 1.54) is 4.57 Å². The zero-order chi connectivity index (χ0) is 23.1. The molecular formula is C21H33N5O5. The quantitative estimate of drug-likeness (QED) is 0.513. The van der Waals surface area contributed by atoms with Crippen LogP contribution >= 0.6 is 0 Å². The highest BCUT2D eigenvalue weighted by atomic mass is 16.5. The zero-order valence-corrected chi connectivity index (χ0v) is 19.0. The molecule has 0 saturated heterocycles. The number of carbonyl (C=O) groups is 2. The second kappa shape index (κ2) is 10.9. The summed E-state index contributed by atoms with van der Waals surface area (Å²) in [5.41, 5.74) is -0.264. The van der Waals surface area contributed by atoms with Gasteiger partial charge in [0.25, 0.3) is 5.56 Å². The summed E-state index contributed by atoms with van der Waals surface area (Å²) < 4.78 is 8.28. The summed E-state index contributed by atoms with van der Waals surface area (Å²) in [5, 5.41) is 2.54. The van der Waals surface area contributed by atoms with Crippen LogP contribution in [-0.4, -0.2) is 43.6 Å². The molecule has 0 fully saturated rings. The highest BCUT2D eigenvalue weighted by Crippen LogP contribution is 2.16. The number of aryl methyl sites for hydroxylation is 2. The number of nitrogens with one attached hydrogen (secondary N) is 2. The van der Waals surface area contributed by atoms with Gasteiger partial charge in [-0.05, 0) is 26.2 Å². The van der Waals surface area contributed by atoms with Crippen LogP contribution in [0.25, 0.3) is 11.2 Å². The van der Waals surface area contributed by atoms with Gasteiger partial charge in [0, 0.05) is 25.9 Å². The van der Waals surface area contributed by atoms with Crippen molar-refractivity contribution in [2.24, 2.45) is 5.92 Å². The van der Waals surface area contributed by atoms with Gasteiger partial charge in [-0.3, -0.25) is 23.9 Å². The number of rotatable bonds is 11. The van der Waals surface area contributed by atoms with Crippen LogP contribution in [0.1, 0.15) is 59.7 Å². The van der Waals surface area contributed by atoms with Crippen LogP contribution in [0.2, 0.25) is 0 Å². The molecule has 31 heavy (non-hydrogen) atoms. The highest BCUT2D eigenvalue weighted by Gasteiger charge is 2.20. The zero-order valence-electron chi connectivity index (χ0n) is 19.0. The molecule has 0 aromatic carbocycles. The molecule has 0 bridgehead atoms. The van der Waals surface area contributed by atoms with Crippen LogP contribution in [-0.2, 0) is 33.8 Å². The fourth-order valence-corrected chi connectivity index (χ4v) is 3.28. The first-order valence-electron chi connectivity index (χ1n) is 10.8. The van der Waals surface area contributed by atoms with Crippen molar-refractivity contribution in [2.45, 2.75) is 79.5 Å². The third kappa shape index (κ3) is 6.53. The van der Waals surface area contributed by atoms with E-state index in [0.29, 0.717) is 30.1 Å². The molecule has 0 atom stereocenters. The number of nitrogens with zero attached hydrogens (tertiary/aromatic N) is 3. The Morgan fingerprint density at radius 2 is 1.87 bits per heavy atom. The lowest BCUT2D eigenvalue weighted by Gasteiger charge is -2.12. The molecule has 0 saturated carbocycles. The first-order chi connectivity index (χ1) is 14.6. The van der Waals surface area contributed by atoms with Crippen LogP contribution < -0.4 is 16.6 Å². The van der Waals surface area contributed by atoms with Gasteiger partial charge in [-0.25, -0.2) is 9.78 Å². The van der Waals surface area contributed by atoms with E-state index in [9.17, 15) is 19.2 Å². The van der Waals surface area contributed by atoms with Crippen molar-refractivity contribution >= 4 is 23.0 Å². The number of esters is 1. The Morgan fingerprint density at radius 1 is 1.16 bits per heavy atom. The Kier molecular flexibility index (Phi) is 8.58. The fourth-order valence-electron chi connectivity index (χ4n) is 3.28. The number of aromatic amines is 1. The summed E-state index contributed by atoms with van der Waals surface area (Å²) >= 11 is 0. The molecule has 2 heterocycles. The van der Waals surface area contributed by atoms with E-state index in [-0.39, 0.29) is 37.3 Å². The van der Waals surface area contributed by atoms with Gasteiger partial charge >= 0.3 is 11.7 Å². The molecule has 2 aromatic heterocycles. The molecule has 10 heteroatoms. The summed E-state index contributed by atoms with van der Waals surface area (Å²) in [6.07, 6.45) is 1.79. The van der Waals surface area contributed by atoms with E-state index in [1.807, 2.05) is 20.8 Å². The SMILES string of the molecule is CCCCn1c(=O)[nH]c(=O)c2c1nc(CCC(=O)NCC(=O)OC(C)C)n2CC(C)C. The summed E-state index contributed by atoms with van der Waals surface area (Å²) in [6.45, 7) is 10.3. The van der Waals surface area contributed by atoms with Gasteiger partial charge in [0.2, 0.25) is 5.91 Å². The number of ether oxygens (including phenoxy) is 1. The maximum absolute atomic E-state index is 12.6. The molecule has 172 valence electrons. The lowest BCUT2D eigenvalue weighted by Crippen LogP contribution is -2.32. The number of fused-ring (bicyclic) bond motifs is 1. The largest absolute Gasteiger partial charge is 0.462 e. The van der Waals surface area contributed by atoms with Crippen molar-refractivity contribution in [2.75, 3.05) is 6.54 Å². The predicted molar refractivity (Wildman–Crippen MR) is 117 cm³/mol. The number of aromatic nitrogens is 4. The van der Waals surface area contributed by atoms with Gasteiger partial charge in [0.05, 0.1) is 6.10 Å². The number of imidazole rings is 1. The molecule has 0 spiro atoms. The molecule has 0 unspecified atom stereocenters. The average molecular weight is 436 g/mol. The maximum Gasteiger partial charge on any atom is 0.330 e. The van der Waals surface area contributed by atoms with Crippen molar-refractivity contribution in [1.82, 2.24) is 24.4 Å². The van der Waals surface area contributed by atoms with Gasteiger partial charge in [-0.15, -0.1) is 0 Å². The van der Waals surface area contributed by atoms with Gasteiger partial charge < -0.3 is 14.6 Å². The number of hydrogen-bond acceptors (Lipinski definition) is 6. The van der Waals surface area contributed by atoms with Crippen molar-refractivity contribution < 1.29 is 14.3 Å². The molecular weight excluding hydrogens is 402 g/mol. The van der Waals surface area contributed by atoms with E-state index in [0.717, 1.165) is 12.8 Å². The third-order valence-electron chi connectivity index (χ3n) is 4.62. The number of unbranched alkanes of at least 4 members (excludes halogenated alkanes) is 1. The Hall–Kier alpha value is -2.91. The summed E-state index contributed by atoms with van der Waals surface area (Å²) in [6, 6.07) is 0. The summed E-state index contributed by atoms with van der Waals surface area (Å²) in [5.74, 6) is -0.0285. The topological polar surface area (TPSA) is 128 Å². The van der Waals surface area contributed by atoms with Crippen LogP contribution in [0.3, 0.4) is 0 Å². The summed E-state index contributed by atoms with van der Waals surface area (Å²) in [7, 11) is 0. The lowest BCUT2D eigenvalue weighted by molar-refractivity contribution is -0.147. The second-order valence-electron chi connectivity index (χ2n) is 8.28. The Bertz CT molecular complexity index is 1030. The maximum atomic E-state index is 12.6. The predicted octanol–water partition coefficient (Wildman–Crippen LogP) is 1.34. The van der Waals surface area contributed by atoms with E-state index >= 15 is 0 Å². The van der Waals surface area contributed by atoms with Crippen molar-refractivity contribution in [3.8, 4) is 0 Å². The third-order valence-corrected chi connectivity index (χ3v) is 4.62. The van der Waals surface area contributed by atoms with Gasteiger partial charge in [0.15, 0.2) is 11.2 Å². The van der Waals surface area contributed by atoms with Crippen LogP contribution in [0.15, 0.2) is 9.59 Å². The molecule has 0 aliphatic heterocycles. The monoisotopic (exact) mass is 435 g/mol. The fraction of sp³-hybridized carbons (Fsp3) is 0.667. The standard InChI is InChI=1S/C21H33N5O5/c1-6-7-10-25-19-18(20(29)24-21(25)30)26(12-13(2)3)15(23-19)8-9-16(27)22-11-17(28)31-14(4)5/h13-14H,6-12H2,1-5H3,(H,22,27)(H,24,29,30). The normalized spacial score (nSPS) is 11.5. The minimum absolute atomic E-state index is 0.0907. The first-order valence-corrected chi connectivity index (χ1v) is 10.8. The van der Waals surface area contributed by atoms with E-state index in [1.54, 1.807) is 18.4 Å². The van der Waals surface area contributed by atoms with E-state index in [2.05, 4.69) is 15.3 Å². The molecule has 0 aliphatic rings. The summed E-state index contributed by atoms with van der Waals surface area (Å²) in [4.78, 5) is 55.7. The number of hydrogen-bond donors (Lipinski definition) is 2. The number of amides is 1. The first kappa shape index (κ1) is 24.4. The van der Waals surface area contributed by atoms with Crippen molar-refractivity contribution in [3.63, 3.8) is 0 Å². The van der Waals surface area contributed by atoms with Crippen molar-refractivity contribution in [3.05, 3.63) is 26.7 Å². The van der Waals surface area contributed by atoms with Gasteiger partial charge in [-0.2, -0.15) is 0 Å². The van der Waals surface area contributed by atoms with Crippen LogP contribution in [0.5, 0.6) is 0 Å². The van der Waals surface area contributed by atoms with Crippen LogP contribution in [0, 0.1) is 5.92 Å². The molecule has 0 radical (unpaired) electrons. The molecule has 2 rings (SSSR count). The average Bonchev–Trinajstić information content (AvgIpc) is 3.02.